The molecule has 0 radical (unpaired) electrons. The van der Waals surface area contributed by atoms with Gasteiger partial charge in [-0.3, -0.25) is 0 Å². The van der Waals surface area contributed by atoms with E-state index in [2.05, 4.69) is 19.2 Å². The maximum atomic E-state index is 6.13. The molecule has 20 heavy (non-hydrogen) atoms. The van der Waals surface area contributed by atoms with Crippen molar-refractivity contribution in [2.45, 2.75) is 51.9 Å². The molecule has 3 atom stereocenters. The van der Waals surface area contributed by atoms with E-state index in [9.17, 15) is 0 Å². The molecule has 1 saturated carbocycles. The van der Waals surface area contributed by atoms with Gasteiger partial charge in [0.2, 0.25) is 0 Å². The predicted octanol–water partition coefficient (Wildman–Crippen LogP) is 3.44. The van der Waals surface area contributed by atoms with E-state index in [4.69, 9.17) is 21.1 Å². The Morgan fingerprint density at radius 1 is 1.30 bits per heavy atom. The van der Waals surface area contributed by atoms with Crippen LogP contribution in [0.1, 0.15) is 32.8 Å². The lowest BCUT2D eigenvalue weighted by atomic mass is 9.85. The lowest BCUT2D eigenvalue weighted by molar-refractivity contribution is -0.104. The third-order valence-electron chi connectivity index (χ3n) is 3.76. The lowest BCUT2D eigenvalue weighted by Gasteiger charge is -2.44. The summed E-state index contributed by atoms with van der Waals surface area (Å²) >= 11 is 6.13. The van der Waals surface area contributed by atoms with Crippen LogP contribution in [-0.2, 0) is 11.2 Å². The standard InChI is InChI=1S/C16H24ClNO2/c1-4-11-9-12(7-8-13(11)17)20-15-10-14(18-5-2)16(15)19-6-3/h7-9,14-16,18H,4-6,10H2,1-3H3. The highest BCUT2D eigenvalue weighted by Crippen LogP contribution is 2.31. The summed E-state index contributed by atoms with van der Waals surface area (Å²) < 4.78 is 11.9. The molecule has 3 nitrogen and oxygen atoms in total. The van der Waals surface area contributed by atoms with Crippen LogP contribution in [0.4, 0.5) is 0 Å². The molecule has 0 bridgehead atoms. The topological polar surface area (TPSA) is 30.5 Å². The number of hydrogen-bond acceptors (Lipinski definition) is 3. The molecule has 0 amide bonds. The molecule has 1 N–H and O–H groups in total. The number of nitrogens with one attached hydrogen (secondary N) is 1. The van der Waals surface area contributed by atoms with Gasteiger partial charge >= 0.3 is 0 Å². The molecule has 1 fully saturated rings. The van der Waals surface area contributed by atoms with Gasteiger partial charge in [-0.25, -0.2) is 0 Å². The summed E-state index contributed by atoms with van der Waals surface area (Å²) in [6, 6.07) is 6.28. The molecule has 2 rings (SSSR count). The Hall–Kier alpha value is -0.770. The van der Waals surface area contributed by atoms with E-state index in [1.807, 2.05) is 25.1 Å². The van der Waals surface area contributed by atoms with Crippen LogP contribution in [0.25, 0.3) is 0 Å². The fraction of sp³-hybridized carbons (Fsp3) is 0.625. The molecular weight excluding hydrogens is 274 g/mol. The van der Waals surface area contributed by atoms with Crippen molar-refractivity contribution in [1.82, 2.24) is 5.32 Å². The van der Waals surface area contributed by atoms with Crippen LogP contribution in [0, 0.1) is 0 Å². The van der Waals surface area contributed by atoms with Gasteiger partial charge < -0.3 is 14.8 Å². The van der Waals surface area contributed by atoms with Gasteiger partial charge in [0.05, 0.1) is 0 Å². The minimum absolute atomic E-state index is 0.130. The highest BCUT2D eigenvalue weighted by atomic mass is 35.5. The number of hydrogen-bond donors (Lipinski definition) is 1. The molecule has 0 aliphatic heterocycles. The summed E-state index contributed by atoms with van der Waals surface area (Å²) in [5.74, 6) is 0.885. The van der Waals surface area contributed by atoms with E-state index in [1.165, 1.54) is 0 Å². The molecule has 0 saturated heterocycles. The summed E-state index contributed by atoms with van der Waals surface area (Å²) in [5.41, 5.74) is 1.12. The summed E-state index contributed by atoms with van der Waals surface area (Å²) in [5, 5.41) is 4.24. The molecule has 1 aromatic rings. The van der Waals surface area contributed by atoms with Crippen LogP contribution in [0.5, 0.6) is 5.75 Å². The van der Waals surface area contributed by atoms with Crippen molar-refractivity contribution in [1.29, 1.82) is 0 Å². The molecular formula is C16H24ClNO2. The number of benzene rings is 1. The maximum absolute atomic E-state index is 6.13. The Labute approximate surface area is 126 Å². The van der Waals surface area contributed by atoms with Crippen molar-refractivity contribution < 1.29 is 9.47 Å². The molecule has 1 aliphatic carbocycles. The van der Waals surface area contributed by atoms with Gasteiger partial charge in [0.15, 0.2) is 0 Å². The van der Waals surface area contributed by atoms with Gasteiger partial charge in [0.1, 0.15) is 18.0 Å². The second-order valence-electron chi connectivity index (χ2n) is 5.08. The average molecular weight is 298 g/mol. The van der Waals surface area contributed by atoms with Crippen LogP contribution >= 0.6 is 11.6 Å². The first-order valence-corrected chi connectivity index (χ1v) is 7.87. The maximum Gasteiger partial charge on any atom is 0.128 e. The lowest BCUT2D eigenvalue weighted by Crippen LogP contribution is -2.61. The Morgan fingerprint density at radius 2 is 2.10 bits per heavy atom. The van der Waals surface area contributed by atoms with Crippen molar-refractivity contribution in [3.63, 3.8) is 0 Å². The zero-order valence-corrected chi connectivity index (χ0v) is 13.2. The first-order valence-electron chi connectivity index (χ1n) is 7.49. The summed E-state index contributed by atoms with van der Waals surface area (Å²) in [6.07, 6.45) is 2.17. The predicted molar refractivity (Wildman–Crippen MR) is 82.7 cm³/mol. The quantitative estimate of drug-likeness (QED) is 0.836. The Morgan fingerprint density at radius 3 is 2.75 bits per heavy atom. The van der Waals surface area contributed by atoms with Gasteiger partial charge in [-0.15, -0.1) is 0 Å². The zero-order valence-electron chi connectivity index (χ0n) is 12.5. The van der Waals surface area contributed by atoms with E-state index in [1.54, 1.807) is 0 Å². The molecule has 0 spiro atoms. The molecule has 4 heteroatoms. The van der Waals surface area contributed by atoms with Crippen LogP contribution in [0.3, 0.4) is 0 Å². The van der Waals surface area contributed by atoms with Gasteiger partial charge in [-0.2, -0.15) is 0 Å². The largest absolute Gasteiger partial charge is 0.488 e. The molecule has 1 aromatic carbocycles. The third kappa shape index (κ3) is 3.46. The van der Waals surface area contributed by atoms with Gasteiger partial charge in [0, 0.05) is 24.1 Å². The van der Waals surface area contributed by atoms with E-state index in [0.717, 1.165) is 35.7 Å². The van der Waals surface area contributed by atoms with Crippen molar-refractivity contribution in [3.8, 4) is 5.75 Å². The van der Waals surface area contributed by atoms with Crippen LogP contribution in [0.15, 0.2) is 18.2 Å². The molecule has 3 unspecified atom stereocenters. The summed E-state index contributed by atoms with van der Waals surface area (Å²) in [6.45, 7) is 7.91. The highest BCUT2D eigenvalue weighted by molar-refractivity contribution is 6.31. The second kappa shape index (κ2) is 7.30. The number of halogens is 1. The van der Waals surface area contributed by atoms with Crippen molar-refractivity contribution in [2.24, 2.45) is 0 Å². The van der Waals surface area contributed by atoms with Gasteiger partial charge in [-0.1, -0.05) is 25.4 Å². The van der Waals surface area contributed by atoms with Crippen molar-refractivity contribution in [2.75, 3.05) is 13.2 Å². The molecule has 112 valence electrons. The minimum Gasteiger partial charge on any atom is -0.488 e. The number of rotatable bonds is 7. The van der Waals surface area contributed by atoms with Crippen LogP contribution in [0.2, 0.25) is 5.02 Å². The Kier molecular flexibility index (Phi) is 5.70. The van der Waals surface area contributed by atoms with Gasteiger partial charge in [0.25, 0.3) is 0 Å². The third-order valence-corrected chi connectivity index (χ3v) is 4.13. The number of likely N-dealkylation sites (N-methyl/N-ethyl adjacent to an activating group) is 1. The van der Waals surface area contributed by atoms with Crippen LogP contribution < -0.4 is 10.1 Å². The van der Waals surface area contributed by atoms with Gasteiger partial charge in [-0.05, 0) is 43.7 Å². The first kappa shape index (κ1) is 15.6. The smallest absolute Gasteiger partial charge is 0.128 e. The SMILES string of the molecule is CCNC1CC(Oc2ccc(Cl)c(CC)c2)C1OCC. The highest BCUT2D eigenvalue weighted by Gasteiger charge is 2.43. The second-order valence-corrected chi connectivity index (χ2v) is 5.49. The molecule has 0 heterocycles. The Bertz CT molecular complexity index is 438. The van der Waals surface area contributed by atoms with E-state index in [0.29, 0.717) is 12.6 Å². The monoisotopic (exact) mass is 297 g/mol. The fourth-order valence-electron chi connectivity index (χ4n) is 2.64. The zero-order chi connectivity index (χ0) is 14.5. The van der Waals surface area contributed by atoms with E-state index < -0.39 is 0 Å². The molecule has 0 aromatic heterocycles. The molecule has 1 aliphatic rings. The van der Waals surface area contributed by atoms with E-state index in [-0.39, 0.29) is 12.2 Å². The fourth-order valence-corrected chi connectivity index (χ4v) is 2.90. The van der Waals surface area contributed by atoms with Crippen molar-refractivity contribution in [3.05, 3.63) is 28.8 Å². The Balaban J connectivity index is 1.99. The normalized spacial score (nSPS) is 25.3. The van der Waals surface area contributed by atoms with E-state index >= 15 is 0 Å². The summed E-state index contributed by atoms with van der Waals surface area (Å²) in [7, 11) is 0. The summed E-state index contributed by atoms with van der Waals surface area (Å²) in [4.78, 5) is 0. The minimum atomic E-state index is 0.130. The first-order chi connectivity index (χ1) is 9.69. The van der Waals surface area contributed by atoms with Crippen LogP contribution in [-0.4, -0.2) is 31.4 Å². The number of ether oxygens (including phenoxy) is 2. The number of aryl methyl sites for hydroxylation is 1. The van der Waals surface area contributed by atoms with Crippen molar-refractivity contribution >= 4 is 11.6 Å². The average Bonchev–Trinajstić information content (AvgIpc) is 2.45.